The molecule has 3 N–H and O–H groups in total. The first-order valence-electron chi connectivity index (χ1n) is 6.47. The summed E-state index contributed by atoms with van der Waals surface area (Å²) < 4.78 is 0.692. The number of hydrogen-bond donors (Lipinski definition) is 2. The molecule has 1 aliphatic carbocycles. The topological polar surface area (TPSA) is 55.1 Å². The first kappa shape index (κ1) is 14.8. The van der Waals surface area contributed by atoms with Crippen LogP contribution < -0.4 is 11.1 Å². The monoisotopic (exact) mass is 344 g/mol. The quantitative estimate of drug-likeness (QED) is 0.852. The summed E-state index contributed by atoms with van der Waals surface area (Å²) in [5, 5.41) is 3.46. The van der Waals surface area contributed by atoms with Crippen LogP contribution in [0.25, 0.3) is 0 Å². The summed E-state index contributed by atoms with van der Waals surface area (Å²) >= 11 is 9.39. The standard InChI is InChI=1S/C14H18BrClN2O/c1-9-4-3-7-14(17,8-9)13(19)18-11-6-2-5-10(16)12(11)15/h2,5-6,9H,3-4,7-8,17H2,1H3,(H,18,19). The van der Waals surface area contributed by atoms with Crippen LogP contribution in [0.2, 0.25) is 5.02 Å². The van der Waals surface area contributed by atoms with Crippen LogP contribution in [-0.4, -0.2) is 11.4 Å². The maximum Gasteiger partial charge on any atom is 0.244 e. The molecule has 1 aromatic rings. The van der Waals surface area contributed by atoms with E-state index in [0.29, 0.717) is 21.1 Å². The summed E-state index contributed by atoms with van der Waals surface area (Å²) in [6.45, 7) is 2.14. The Morgan fingerprint density at radius 3 is 3.00 bits per heavy atom. The van der Waals surface area contributed by atoms with Crippen LogP contribution in [0.5, 0.6) is 0 Å². The van der Waals surface area contributed by atoms with Gasteiger partial charge in [-0.05, 0) is 46.8 Å². The van der Waals surface area contributed by atoms with Gasteiger partial charge in [-0.2, -0.15) is 0 Å². The lowest BCUT2D eigenvalue weighted by atomic mass is 9.76. The lowest BCUT2D eigenvalue weighted by Gasteiger charge is -2.35. The molecule has 0 spiro atoms. The molecule has 1 saturated carbocycles. The van der Waals surface area contributed by atoms with Crippen molar-refractivity contribution in [3.63, 3.8) is 0 Å². The van der Waals surface area contributed by atoms with Crippen LogP contribution in [-0.2, 0) is 4.79 Å². The molecule has 5 heteroatoms. The highest BCUT2D eigenvalue weighted by atomic mass is 79.9. The van der Waals surface area contributed by atoms with Gasteiger partial charge in [0.2, 0.25) is 5.91 Å². The molecule has 0 saturated heterocycles. The van der Waals surface area contributed by atoms with Crippen molar-refractivity contribution in [2.75, 3.05) is 5.32 Å². The van der Waals surface area contributed by atoms with Crippen molar-refractivity contribution in [2.45, 2.75) is 38.1 Å². The van der Waals surface area contributed by atoms with Gasteiger partial charge in [-0.25, -0.2) is 0 Å². The number of carbonyl (C=O) groups is 1. The maximum absolute atomic E-state index is 12.4. The summed E-state index contributed by atoms with van der Waals surface area (Å²) in [6.07, 6.45) is 3.62. The molecular formula is C14H18BrClN2O. The Balaban J connectivity index is 2.14. The van der Waals surface area contributed by atoms with Crippen LogP contribution in [0.4, 0.5) is 5.69 Å². The van der Waals surface area contributed by atoms with Crippen molar-refractivity contribution in [3.05, 3.63) is 27.7 Å². The lowest BCUT2D eigenvalue weighted by Crippen LogP contribution is -2.53. The molecule has 0 aromatic heterocycles. The van der Waals surface area contributed by atoms with Crippen molar-refractivity contribution in [2.24, 2.45) is 11.7 Å². The van der Waals surface area contributed by atoms with Gasteiger partial charge in [0.25, 0.3) is 0 Å². The average Bonchev–Trinajstić information content (AvgIpc) is 2.34. The zero-order valence-electron chi connectivity index (χ0n) is 10.9. The van der Waals surface area contributed by atoms with E-state index in [2.05, 4.69) is 28.2 Å². The number of hydrogen-bond acceptors (Lipinski definition) is 2. The number of nitrogens with two attached hydrogens (primary N) is 1. The number of anilines is 1. The first-order valence-corrected chi connectivity index (χ1v) is 7.64. The molecular weight excluding hydrogens is 328 g/mol. The highest BCUT2D eigenvalue weighted by Crippen LogP contribution is 2.34. The number of amides is 1. The molecule has 1 aliphatic rings. The van der Waals surface area contributed by atoms with E-state index in [1.807, 2.05) is 6.07 Å². The molecule has 2 rings (SSSR count). The summed E-state index contributed by atoms with van der Waals surface area (Å²) in [4.78, 5) is 12.4. The Kier molecular flexibility index (Phi) is 4.54. The minimum atomic E-state index is -0.764. The Labute approximate surface area is 127 Å². The van der Waals surface area contributed by atoms with E-state index in [1.54, 1.807) is 12.1 Å². The van der Waals surface area contributed by atoms with Gasteiger partial charge in [0.1, 0.15) is 0 Å². The summed E-state index contributed by atoms with van der Waals surface area (Å²) in [5.41, 5.74) is 6.17. The van der Waals surface area contributed by atoms with E-state index in [0.717, 1.165) is 25.7 Å². The molecule has 1 fully saturated rings. The largest absolute Gasteiger partial charge is 0.323 e. The highest BCUT2D eigenvalue weighted by Gasteiger charge is 2.38. The third kappa shape index (κ3) is 3.30. The number of halogens is 2. The summed E-state index contributed by atoms with van der Waals surface area (Å²) in [7, 11) is 0. The summed E-state index contributed by atoms with van der Waals surface area (Å²) in [5.74, 6) is 0.370. The van der Waals surface area contributed by atoms with Gasteiger partial charge in [-0.1, -0.05) is 37.4 Å². The smallest absolute Gasteiger partial charge is 0.244 e. The number of nitrogens with one attached hydrogen (secondary N) is 1. The molecule has 3 nitrogen and oxygen atoms in total. The third-order valence-corrected chi connectivity index (χ3v) is 5.08. The Morgan fingerprint density at radius 2 is 2.32 bits per heavy atom. The van der Waals surface area contributed by atoms with Gasteiger partial charge >= 0.3 is 0 Å². The fourth-order valence-electron chi connectivity index (χ4n) is 2.65. The molecule has 2 atom stereocenters. The van der Waals surface area contributed by atoms with Crippen LogP contribution in [0.1, 0.15) is 32.6 Å². The minimum Gasteiger partial charge on any atom is -0.323 e. The van der Waals surface area contributed by atoms with E-state index in [-0.39, 0.29) is 5.91 Å². The van der Waals surface area contributed by atoms with Gasteiger partial charge in [0.15, 0.2) is 0 Å². The molecule has 19 heavy (non-hydrogen) atoms. The van der Waals surface area contributed by atoms with Crippen molar-refractivity contribution < 1.29 is 4.79 Å². The molecule has 0 bridgehead atoms. The van der Waals surface area contributed by atoms with Crippen molar-refractivity contribution in [3.8, 4) is 0 Å². The molecule has 104 valence electrons. The SMILES string of the molecule is CC1CCCC(N)(C(=O)Nc2cccc(Cl)c2Br)C1. The van der Waals surface area contributed by atoms with E-state index in [9.17, 15) is 4.79 Å². The molecule has 0 aliphatic heterocycles. The normalized spacial score (nSPS) is 27.1. The number of benzene rings is 1. The number of carbonyl (C=O) groups excluding carboxylic acids is 1. The molecule has 2 unspecified atom stereocenters. The second-order valence-corrected chi connectivity index (χ2v) is 6.61. The predicted molar refractivity (Wildman–Crippen MR) is 82.3 cm³/mol. The Morgan fingerprint density at radius 1 is 1.58 bits per heavy atom. The lowest BCUT2D eigenvalue weighted by molar-refractivity contribution is -0.122. The van der Waals surface area contributed by atoms with E-state index in [1.165, 1.54) is 0 Å². The predicted octanol–water partition coefficient (Wildman–Crippen LogP) is 3.95. The zero-order valence-corrected chi connectivity index (χ0v) is 13.2. The third-order valence-electron chi connectivity index (χ3n) is 3.68. The van der Waals surface area contributed by atoms with Crippen LogP contribution >= 0.6 is 27.5 Å². The Hall–Kier alpha value is -0.580. The van der Waals surface area contributed by atoms with Crippen molar-refractivity contribution in [1.29, 1.82) is 0 Å². The van der Waals surface area contributed by atoms with Crippen molar-refractivity contribution in [1.82, 2.24) is 0 Å². The van der Waals surface area contributed by atoms with Gasteiger partial charge in [0, 0.05) is 0 Å². The highest BCUT2D eigenvalue weighted by molar-refractivity contribution is 9.10. The zero-order chi connectivity index (χ0) is 14.0. The maximum atomic E-state index is 12.4. The fraction of sp³-hybridized carbons (Fsp3) is 0.500. The van der Waals surface area contributed by atoms with Crippen LogP contribution in [0, 0.1) is 5.92 Å². The summed E-state index contributed by atoms with van der Waals surface area (Å²) in [6, 6.07) is 5.38. The first-order chi connectivity index (χ1) is 8.92. The van der Waals surface area contributed by atoms with Gasteiger partial charge in [-0.15, -0.1) is 0 Å². The van der Waals surface area contributed by atoms with E-state index >= 15 is 0 Å². The number of rotatable bonds is 2. The van der Waals surface area contributed by atoms with Crippen LogP contribution in [0.15, 0.2) is 22.7 Å². The van der Waals surface area contributed by atoms with Crippen molar-refractivity contribution >= 4 is 39.1 Å². The minimum absolute atomic E-state index is 0.123. The second-order valence-electron chi connectivity index (χ2n) is 5.41. The molecule has 0 radical (unpaired) electrons. The average molecular weight is 346 g/mol. The van der Waals surface area contributed by atoms with Gasteiger partial charge in [0.05, 0.1) is 20.7 Å². The fourth-order valence-corrected chi connectivity index (χ4v) is 3.18. The van der Waals surface area contributed by atoms with Gasteiger partial charge < -0.3 is 11.1 Å². The molecule has 1 amide bonds. The van der Waals surface area contributed by atoms with E-state index in [4.69, 9.17) is 17.3 Å². The van der Waals surface area contributed by atoms with Crippen LogP contribution in [0.3, 0.4) is 0 Å². The Bertz CT molecular complexity index is 494. The molecule has 0 heterocycles. The second kappa shape index (κ2) is 5.81. The van der Waals surface area contributed by atoms with Gasteiger partial charge in [-0.3, -0.25) is 4.79 Å². The molecule has 1 aromatic carbocycles. The van der Waals surface area contributed by atoms with E-state index < -0.39 is 5.54 Å².